The average Bonchev–Trinajstić information content (AvgIpc) is 2.13. The Labute approximate surface area is 90.7 Å². The first-order valence-electron chi connectivity index (χ1n) is 6.41. The molecule has 0 aliphatic rings. The maximum absolute atomic E-state index is 3.58. The van der Waals surface area contributed by atoms with E-state index < -0.39 is 0 Å². The van der Waals surface area contributed by atoms with Crippen LogP contribution in [0, 0.1) is 11.8 Å². The van der Waals surface area contributed by atoms with E-state index in [0.717, 1.165) is 11.8 Å². The highest BCUT2D eigenvalue weighted by Crippen LogP contribution is 2.13. The lowest BCUT2D eigenvalue weighted by molar-refractivity contribution is 0.390. The molecule has 1 N–H and O–H groups in total. The van der Waals surface area contributed by atoms with Crippen LogP contribution >= 0.6 is 0 Å². The van der Waals surface area contributed by atoms with Gasteiger partial charge in [0.2, 0.25) is 0 Å². The van der Waals surface area contributed by atoms with Crippen LogP contribution in [0.25, 0.3) is 0 Å². The molecule has 0 aliphatic heterocycles. The lowest BCUT2D eigenvalue weighted by Crippen LogP contribution is -2.26. The zero-order valence-corrected chi connectivity index (χ0v) is 10.6. The van der Waals surface area contributed by atoms with Crippen LogP contribution in [0.1, 0.15) is 59.8 Å². The third-order valence-corrected chi connectivity index (χ3v) is 2.65. The van der Waals surface area contributed by atoms with Gasteiger partial charge in [-0.1, -0.05) is 47.0 Å². The Morgan fingerprint density at radius 1 is 0.929 bits per heavy atom. The Kier molecular flexibility index (Phi) is 9.49. The zero-order chi connectivity index (χ0) is 10.8. The smallest absolute Gasteiger partial charge is 0.00204 e. The topological polar surface area (TPSA) is 12.0 Å². The molecular weight excluding hydrogens is 170 g/mol. The summed E-state index contributed by atoms with van der Waals surface area (Å²) < 4.78 is 0. The zero-order valence-electron chi connectivity index (χ0n) is 10.6. The summed E-state index contributed by atoms with van der Waals surface area (Å²) in [4.78, 5) is 0. The highest BCUT2D eigenvalue weighted by molar-refractivity contribution is 4.63. The van der Waals surface area contributed by atoms with Gasteiger partial charge in [-0.05, 0) is 37.8 Å². The second kappa shape index (κ2) is 9.51. The summed E-state index contributed by atoms with van der Waals surface area (Å²) >= 11 is 0. The number of hydrogen-bond donors (Lipinski definition) is 1. The van der Waals surface area contributed by atoms with E-state index in [1.165, 1.54) is 45.2 Å². The fraction of sp³-hybridized carbons (Fsp3) is 1.00. The van der Waals surface area contributed by atoms with Crippen LogP contribution in [0.5, 0.6) is 0 Å². The second-order valence-electron chi connectivity index (χ2n) is 4.85. The molecule has 1 atom stereocenters. The number of nitrogens with one attached hydrogen (secondary N) is 1. The van der Waals surface area contributed by atoms with Crippen molar-refractivity contribution in [3.63, 3.8) is 0 Å². The summed E-state index contributed by atoms with van der Waals surface area (Å²) in [6, 6.07) is 0. The summed E-state index contributed by atoms with van der Waals surface area (Å²) in [7, 11) is 0. The predicted octanol–water partition coefficient (Wildman–Crippen LogP) is 3.84. The van der Waals surface area contributed by atoms with Gasteiger partial charge in [-0.2, -0.15) is 0 Å². The highest BCUT2D eigenvalue weighted by atomic mass is 14.9. The minimum atomic E-state index is 0.781. The lowest BCUT2D eigenvalue weighted by Gasteiger charge is -2.17. The van der Waals surface area contributed by atoms with Crippen molar-refractivity contribution in [2.24, 2.45) is 11.8 Å². The Hall–Kier alpha value is -0.0400. The maximum atomic E-state index is 3.58. The molecule has 1 unspecified atom stereocenters. The van der Waals surface area contributed by atoms with Gasteiger partial charge in [-0.3, -0.25) is 0 Å². The first-order valence-corrected chi connectivity index (χ1v) is 6.41. The minimum absolute atomic E-state index is 0.781. The van der Waals surface area contributed by atoms with Gasteiger partial charge in [0.15, 0.2) is 0 Å². The summed E-state index contributed by atoms with van der Waals surface area (Å²) in [6.45, 7) is 11.5. The molecule has 0 aromatic carbocycles. The Morgan fingerprint density at radius 2 is 1.64 bits per heavy atom. The van der Waals surface area contributed by atoms with Crippen LogP contribution in [-0.2, 0) is 0 Å². The average molecular weight is 199 g/mol. The van der Waals surface area contributed by atoms with Gasteiger partial charge in [0.05, 0.1) is 0 Å². The van der Waals surface area contributed by atoms with Crippen LogP contribution in [0.3, 0.4) is 0 Å². The molecule has 0 fully saturated rings. The van der Waals surface area contributed by atoms with Crippen molar-refractivity contribution in [3.8, 4) is 0 Å². The normalized spacial score (nSPS) is 13.5. The minimum Gasteiger partial charge on any atom is -0.316 e. The molecular formula is C13H29N. The van der Waals surface area contributed by atoms with Crippen LogP contribution in [0.2, 0.25) is 0 Å². The van der Waals surface area contributed by atoms with Gasteiger partial charge in [-0.15, -0.1) is 0 Å². The largest absolute Gasteiger partial charge is 0.316 e. The number of unbranched alkanes of at least 4 members (excludes halogenated alkanes) is 1. The maximum Gasteiger partial charge on any atom is -0.00204 e. The Bertz CT molecular complexity index is 110. The van der Waals surface area contributed by atoms with Crippen LogP contribution < -0.4 is 5.32 Å². The van der Waals surface area contributed by atoms with Crippen molar-refractivity contribution in [2.75, 3.05) is 13.1 Å². The standard InChI is InChI=1S/C13H29N/c1-5-7-9-13(8-6-2)11-14-10-12(3)4/h12-14H,5-11H2,1-4H3. The fourth-order valence-electron chi connectivity index (χ4n) is 1.83. The summed E-state index contributed by atoms with van der Waals surface area (Å²) in [5.41, 5.74) is 0. The molecule has 0 saturated carbocycles. The van der Waals surface area contributed by atoms with Gasteiger partial charge in [0.1, 0.15) is 0 Å². The molecule has 1 nitrogen and oxygen atoms in total. The third-order valence-electron chi connectivity index (χ3n) is 2.65. The molecule has 0 saturated heterocycles. The summed E-state index contributed by atoms with van der Waals surface area (Å²) in [6.07, 6.45) is 6.87. The van der Waals surface area contributed by atoms with Crippen molar-refractivity contribution >= 4 is 0 Å². The molecule has 0 radical (unpaired) electrons. The molecule has 0 amide bonds. The first kappa shape index (κ1) is 14.0. The SMILES string of the molecule is CCCCC(CCC)CNCC(C)C. The molecule has 0 aromatic heterocycles. The van der Waals surface area contributed by atoms with E-state index in [0.29, 0.717) is 0 Å². The fourth-order valence-corrected chi connectivity index (χ4v) is 1.83. The molecule has 0 aliphatic carbocycles. The van der Waals surface area contributed by atoms with Crippen LogP contribution in [0.15, 0.2) is 0 Å². The van der Waals surface area contributed by atoms with E-state index in [2.05, 4.69) is 33.0 Å². The molecule has 1 heteroatoms. The summed E-state index contributed by atoms with van der Waals surface area (Å²) in [5, 5.41) is 3.58. The molecule has 0 rings (SSSR count). The van der Waals surface area contributed by atoms with Gasteiger partial charge < -0.3 is 5.32 Å². The van der Waals surface area contributed by atoms with E-state index in [-0.39, 0.29) is 0 Å². The van der Waals surface area contributed by atoms with Crippen LogP contribution in [-0.4, -0.2) is 13.1 Å². The molecule has 0 bridgehead atoms. The predicted molar refractivity (Wildman–Crippen MR) is 65.6 cm³/mol. The lowest BCUT2D eigenvalue weighted by atomic mass is 9.97. The van der Waals surface area contributed by atoms with Crippen molar-refractivity contribution in [3.05, 3.63) is 0 Å². The van der Waals surface area contributed by atoms with E-state index in [1.54, 1.807) is 0 Å². The number of hydrogen-bond acceptors (Lipinski definition) is 1. The number of rotatable bonds is 9. The van der Waals surface area contributed by atoms with Crippen molar-refractivity contribution in [1.82, 2.24) is 5.32 Å². The van der Waals surface area contributed by atoms with Gasteiger partial charge in [0, 0.05) is 0 Å². The monoisotopic (exact) mass is 199 g/mol. The van der Waals surface area contributed by atoms with Crippen molar-refractivity contribution in [2.45, 2.75) is 59.8 Å². The van der Waals surface area contributed by atoms with E-state index in [4.69, 9.17) is 0 Å². The highest BCUT2D eigenvalue weighted by Gasteiger charge is 2.06. The van der Waals surface area contributed by atoms with Gasteiger partial charge in [0.25, 0.3) is 0 Å². The van der Waals surface area contributed by atoms with Gasteiger partial charge in [-0.25, -0.2) is 0 Å². The summed E-state index contributed by atoms with van der Waals surface area (Å²) in [5.74, 6) is 1.70. The molecule has 0 spiro atoms. The third kappa shape index (κ3) is 8.55. The first-order chi connectivity index (χ1) is 6.70. The molecule has 0 heterocycles. The van der Waals surface area contributed by atoms with E-state index in [1.807, 2.05) is 0 Å². The second-order valence-corrected chi connectivity index (χ2v) is 4.85. The van der Waals surface area contributed by atoms with Crippen molar-refractivity contribution in [1.29, 1.82) is 0 Å². The van der Waals surface area contributed by atoms with Gasteiger partial charge >= 0.3 is 0 Å². The van der Waals surface area contributed by atoms with Crippen LogP contribution in [0.4, 0.5) is 0 Å². The quantitative estimate of drug-likeness (QED) is 0.595. The molecule has 14 heavy (non-hydrogen) atoms. The van der Waals surface area contributed by atoms with Crippen molar-refractivity contribution < 1.29 is 0 Å². The van der Waals surface area contributed by atoms with E-state index >= 15 is 0 Å². The Morgan fingerprint density at radius 3 is 2.14 bits per heavy atom. The molecule has 0 aromatic rings. The Balaban J connectivity index is 3.50. The molecule has 86 valence electrons. The van der Waals surface area contributed by atoms with E-state index in [9.17, 15) is 0 Å².